The Morgan fingerprint density at radius 2 is 2.15 bits per heavy atom. The highest BCUT2D eigenvalue weighted by atomic mass is 19.4. The standard InChI is InChI=1S/C16H18F3N/c1-11(2)9-13-6-8-20-15-4-3-12(10-14(13)15)5-7-16(17,18)19/h6,8,11-12H,3-4,9-10H2,1-2H3. The Balaban J connectivity index is 2.21. The maximum Gasteiger partial charge on any atom is 0.457 e. The van der Waals surface area contributed by atoms with Crippen molar-refractivity contribution >= 4 is 0 Å². The molecule has 0 N–H and O–H groups in total. The summed E-state index contributed by atoms with van der Waals surface area (Å²) in [5, 5.41) is 0. The van der Waals surface area contributed by atoms with E-state index in [1.54, 1.807) is 6.20 Å². The molecule has 0 saturated heterocycles. The molecule has 0 fully saturated rings. The molecule has 0 bridgehead atoms. The van der Waals surface area contributed by atoms with E-state index >= 15 is 0 Å². The molecule has 20 heavy (non-hydrogen) atoms. The van der Waals surface area contributed by atoms with Crippen molar-refractivity contribution < 1.29 is 13.2 Å². The number of aryl methyl sites for hydroxylation is 1. The zero-order valence-corrected chi connectivity index (χ0v) is 11.7. The van der Waals surface area contributed by atoms with Crippen LogP contribution < -0.4 is 0 Å². The lowest BCUT2D eigenvalue weighted by Crippen LogP contribution is -2.17. The number of rotatable bonds is 2. The second-order valence-electron chi connectivity index (χ2n) is 5.70. The van der Waals surface area contributed by atoms with Crippen LogP contribution in [0.1, 0.15) is 37.1 Å². The molecule has 108 valence electrons. The van der Waals surface area contributed by atoms with Crippen LogP contribution in [0.5, 0.6) is 0 Å². The van der Waals surface area contributed by atoms with Crippen LogP contribution in [0.4, 0.5) is 13.2 Å². The van der Waals surface area contributed by atoms with Gasteiger partial charge in [-0.2, -0.15) is 13.2 Å². The average Bonchev–Trinajstić information content (AvgIpc) is 2.35. The quantitative estimate of drug-likeness (QED) is 0.748. The Hall–Kier alpha value is -1.50. The third kappa shape index (κ3) is 4.00. The Morgan fingerprint density at radius 1 is 1.40 bits per heavy atom. The lowest BCUT2D eigenvalue weighted by atomic mass is 9.83. The smallest absolute Gasteiger partial charge is 0.261 e. The van der Waals surface area contributed by atoms with Gasteiger partial charge >= 0.3 is 6.18 Å². The number of pyridine rings is 1. The van der Waals surface area contributed by atoms with E-state index in [9.17, 15) is 13.2 Å². The summed E-state index contributed by atoms with van der Waals surface area (Å²) in [6, 6.07) is 1.98. The normalized spacial score (nSPS) is 18.4. The summed E-state index contributed by atoms with van der Waals surface area (Å²) in [5.41, 5.74) is 3.37. The zero-order chi connectivity index (χ0) is 14.8. The van der Waals surface area contributed by atoms with Gasteiger partial charge in [-0.15, -0.1) is 0 Å². The minimum absolute atomic E-state index is 0.209. The first-order valence-electron chi connectivity index (χ1n) is 6.90. The van der Waals surface area contributed by atoms with Gasteiger partial charge in [0.15, 0.2) is 0 Å². The molecular weight excluding hydrogens is 263 g/mol. The molecule has 0 spiro atoms. The first-order chi connectivity index (χ1) is 9.35. The molecule has 1 atom stereocenters. The molecule has 1 aromatic heterocycles. The molecule has 0 aromatic carbocycles. The SMILES string of the molecule is CC(C)Cc1ccnc2c1CC(C#CC(F)(F)F)CC2. The van der Waals surface area contributed by atoms with Crippen LogP contribution in [0, 0.1) is 23.7 Å². The van der Waals surface area contributed by atoms with E-state index in [0.717, 1.165) is 24.1 Å². The van der Waals surface area contributed by atoms with Crippen LogP contribution >= 0.6 is 0 Å². The van der Waals surface area contributed by atoms with Crippen molar-refractivity contribution in [2.45, 2.75) is 45.7 Å². The molecule has 1 unspecified atom stereocenters. The summed E-state index contributed by atoms with van der Waals surface area (Å²) in [5.74, 6) is 4.10. The molecular formula is C16H18F3N. The molecule has 1 aromatic rings. The number of alkyl halides is 3. The van der Waals surface area contributed by atoms with Gasteiger partial charge in [0.2, 0.25) is 0 Å². The Morgan fingerprint density at radius 3 is 2.80 bits per heavy atom. The molecule has 1 aliphatic rings. The monoisotopic (exact) mass is 281 g/mol. The summed E-state index contributed by atoms with van der Waals surface area (Å²) in [7, 11) is 0. The van der Waals surface area contributed by atoms with E-state index < -0.39 is 6.18 Å². The van der Waals surface area contributed by atoms with Crippen molar-refractivity contribution in [3.05, 3.63) is 29.1 Å². The lowest BCUT2D eigenvalue weighted by molar-refractivity contribution is -0.0698. The highest BCUT2D eigenvalue weighted by Crippen LogP contribution is 2.28. The van der Waals surface area contributed by atoms with Crippen LogP contribution in [0.3, 0.4) is 0 Å². The van der Waals surface area contributed by atoms with Crippen molar-refractivity contribution in [2.24, 2.45) is 11.8 Å². The van der Waals surface area contributed by atoms with Gasteiger partial charge in [-0.05, 0) is 48.8 Å². The number of aromatic nitrogens is 1. The fourth-order valence-electron chi connectivity index (χ4n) is 2.64. The van der Waals surface area contributed by atoms with Crippen molar-refractivity contribution in [3.63, 3.8) is 0 Å². The minimum Gasteiger partial charge on any atom is -0.261 e. The van der Waals surface area contributed by atoms with Crippen LogP contribution in [0.15, 0.2) is 12.3 Å². The summed E-state index contributed by atoms with van der Waals surface area (Å²) < 4.78 is 36.5. The topological polar surface area (TPSA) is 12.9 Å². The van der Waals surface area contributed by atoms with Gasteiger partial charge in [0.05, 0.1) is 0 Å². The van der Waals surface area contributed by atoms with Gasteiger partial charge in [0.1, 0.15) is 0 Å². The largest absolute Gasteiger partial charge is 0.457 e. The second-order valence-corrected chi connectivity index (χ2v) is 5.70. The highest BCUT2D eigenvalue weighted by molar-refractivity contribution is 5.34. The van der Waals surface area contributed by atoms with Crippen LogP contribution in [-0.4, -0.2) is 11.2 Å². The summed E-state index contributed by atoms with van der Waals surface area (Å²) in [6.45, 7) is 4.27. The van der Waals surface area contributed by atoms with E-state index in [1.807, 2.05) is 6.07 Å². The predicted octanol–water partition coefficient (Wildman–Crippen LogP) is 3.95. The maximum absolute atomic E-state index is 12.2. The molecule has 0 saturated carbocycles. The van der Waals surface area contributed by atoms with E-state index in [2.05, 4.69) is 24.8 Å². The molecule has 1 heterocycles. The van der Waals surface area contributed by atoms with Crippen molar-refractivity contribution in [1.29, 1.82) is 0 Å². The second kappa shape index (κ2) is 5.87. The number of nitrogens with zero attached hydrogens (tertiary/aromatic N) is 1. The molecule has 2 rings (SSSR count). The number of fused-ring (bicyclic) bond motifs is 1. The predicted molar refractivity (Wildman–Crippen MR) is 72.1 cm³/mol. The number of hydrogen-bond acceptors (Lipinski definition) is 1. The van der Waals surface area contributed by atoms with Gasteiger partial charge in [0.25, 0.3) is 0 Å². The first kappa shape index (κ1) is 14.9. The highest BCUT2D eigenvalue weighted by Gasteiger charge is 2.25. The Labute approximate surface area is 117 Å². The third-order valence-corrected chi connectivity index (χ3v) is 3.47. The number of halogens is 3. The fourth-order valence-corrected chi connectivity index (χ4v) is 2.64. The van der Waals surface area contributed by atoms with E-state index in [4.69, 9.17) is 0 Å². The van der Waals surface area contributed by atoms with Crippen molar-refractivity contribution in [3.8, 4) is 11.8 Å². The van der Waals surface area contributed by atoms with Gasteiger partial charge in [0, 0.05) is 23.7 Å². The minimum atomic E-state index is -4.39. The first-order valence-corrected chi connectivity index (χ1v) is 6.90. The van der Waals surface area contributed by atoms with Crippen LogP contribution in [-0.2, 0) is 19.3 Å². The molecule has 4 heteroatoms. The maximum atomic E-state index is 12.2. The van der Waals surface area contributed by atoms with Gasteiger partial charge < -0.3 is 0 Å². The van der Waals surface area contributed by atoms with E-state index in [1.165, 1.54) is 11.5 Å². The molecule has 0 amide bonds. The Bertz CT molecular complexity index is 535. The van der Waals surface area contributed by atoms with Gasteiger partial charge in [-0.3, -0.25) is 4.98 Å². The van der Waals surface area contributed by atoms with E-state index in [-0.39, 0.29) is 5.92 Å². The summed E-state index contributed by atoms with van der Waals surface area (Å²) >= 11 is 0. The van der Waals surface area contributed by atoms with Crippen molar-refractivity contribution in [1.82, 2.24) is 4.98 Å². The summed E-state index contributed by atoms with van der Waals surface area (Å²) in [6.07, 6.45) is 0.319. The van der Waals surface area contributed by atoms with Crippen LogP contribution in [0.2, 0.25) is 0 Å². The van der Waals surface area contributed by atoms with Gasteiger partial charge in [-0.1, -0.05) is 19.8 Å². The molecule has 0 aliphatic heterocycles. The summed E-state index contributed by atoms with van der Waals surface area (Å²) in [4.78, 5) is 4.36. The average molecular weight is 281 g/mol. The third-order valence-electron chi connectivity index (χ3n) is 3.47. The van der Waals surface area contributed by atoms with E-state index in [0.29, 0.717) is 18.8 Å². The van der Waals surface area contributed by atoms with Crippen molar-refractivity contribution in [2.75, 3.05) is 0 Å². The number of hydrogen-bond donors (Lipinski definition) is 0. The Kier molecular flexibility index (Phi) is 4.37. The lowest BCUT2D eigenvalue weighted by Gasteiger charge is -2.23. The molecule has 1 nitrogen and oxygen atoms in total. The molecule has 0 radical (unpaired) electrons. The molecule has 1 aliphatic carbocycles. The fraction of sp³-hybridized carbons (Fsp3) is 0.562. The van der Waals surface area contributed by atoms with Crippen LogP contribution in [0.25, 0.3) is 0 Å². The van der Waals surface area contributed by atoms with Gasteiger partial charge in [-0.25, -0.2) is 0 Å². The zero-order valence-electron chi connectivity index (χ0n) is 11.7.